The molecule has 24 heavy (non-hydrogen) atoms. The molecule has 0 fully saturated rings. The fourth-order valence-corrected chi connectivity index (χ4v) is 2.09. The lowest BCUT2D eigenvalue weighted by molar-refractivity contribution is -0.118. The van der Waals surface area contributed by atoms with Crippen LogP contribution >= 0.6 is 0 Å². The van der Waals surface area contributed by atoms with Gasteiger partial charge in [-0.15, -0.1) is 0 Å². The summed E-state index contributed by atoms with van der Waals surface area (Å²) in [6, 6.07) is 15.0. The van der Waals surface area contributed by atoms with E-state index in [9.17, 15) is 4.79 Å². The van der Waals surface area contributed by atoms with Crippen LogP contribution in [0.2, 0.25) is 0 Å². The third-order valence-corrected chi connectivity index (χ3v) is 3.31. The van der Waals surface area contributed by atoms with Crippen molar-refractivity contribution in [3.05, 3.63) is 66.2 Å². The summed E-state index contributed by atoms with van der Waals surface area (Å²) in [5.74, 6) is 1.07. The zero-order chi connectivity index (χ0) is 17.4. The third-order valence-electron chi connectivity index (χ3n) is 3.31. The Balaban J connectivity index is 1.93. The van der Waals surface area contributed by atoms with Gasteiger partial charge in [0.25, 0.3) is 5.91 Å². The number of aryl methyl sites for hydroxylation is 1. The zero-order valence-corrected chi connectivity index (χ0v) is 14.2. The lowest BCUT2D eigenvalue weighted by atomic mass is 10.2. The molecule has 1 amide bonds. The van der Waals surface area contributed by atoms with Crippen LogP contribution in [0.1, 0.15) is 19.4 Å². The minimum Gasteiger partial charge on any atom is -0.487 e. The molecule has 0 bridgehead atoms. The summed E-state index contributed by atoms with van der Waals surface area (Å²) in [6.07, 6.45) is 0.927. The van der Waals surface area contributed by atoms with Crippen molar-refractivity contribution in [1.29, 1.82) is 0 Å². The van der Waals surface area contributed by atoms with Crippen LogP contribution in [0.3, 0.4) is 0 Å². The number of benzene rings is 2. The minimum atomic E-state index is -0.233. The fraction of sp³-hybridized carbons (Fsp3) is 0.250. The van der Waals surface area contributed by atoms with E-state index in [-0.39, 0.29) is 12.5 Å². The Labute approximate surface area is 143 Å². The van der Waals surface area contributed by atoms with E-state index in [4.69, 9.17) is 9.47 Å². The molecular weight excluding hydrogens is 302 g/mol. The molecule has 126 valence electrons. The van der Waals surface area contributed by atoms with Crippen molar-refractivity contribution in [3.8, 4) is 11.5 Å². The van der Waals surface area contributed by atoms with Crippen LogP contribution in [-0.2, 0) is 11.2 Å². The normalized spacial score (nSPS) is 10.1. The first-order valence-corrected chi connectivity index (χ1v) is 7.96. The highest BCUT2D eigenvalue weighted by molar-refractivity contribution is 5.93. The van der Waals surface area contributed by atoms with Gasteiger partial charge in [0.05, 0.1) is 5.69 Å². The van der Waals surface area contributed by atoms with E-state index in [1.807, 2.05) is 49.4 Å². The minimum absolute atomic E-state index is 0.0536. The second-order valence-electron chi connectivity index (χ2n) is 5.58. The van der Waals surface area contributed by atoms with Gasteiger partial charge in [-0.2, -0.15) is 0 Å². The molecule has 0 aliphatic heterocycles. The Morgan fingerprint density at radius 2 is 1.88 bits per heavy atom. The fourth-order valence-electron chi connectivity index (χ4n) is 2.09. The summed E-state index contributed by atoms with van der Waals surface area (Å²) in [4.78, 5) is 12.1. The highest BCUT2D eigenvalue weighted by Crippen LogP contribution is 2.24. The Bertz CT molecular complexity index is 710. The summed E-state index contributed by atoms with van der Waals surface area (Å²) < 4.78 is 11.2. The lowest BCUT2D eigenvalue weighted by Crippen LogP contribution is -2.20. The van der Waals surface area contributed by atoms with E-state index in [1.165, 1.54) is 5.56 Å². The number of para-hydroxylation sites is 2. The maximum Gasteiger partial charge on any atom is 0.262 e. The standard InChI is InChI=1S/C20H23NO3/c1-4-16-8-7-9-17(12-16)23-14-20(22)21-18-10-5-6-11-19(18)24-13-15(2)3/h5-12H,2,4,13-14H2,1,3H3,(H,21,22). The van der Waals surface area contributed by atoms with Crippen LogP contribution in [0.4, 0.5) is 5.69 Å². The largest absolute Gasteiger partial charge is 0.487 e. The molecule has 1 N–H and O–H groups in total. The molecule has 2 aromatic carbocycles. The van der Waals surface area contributed by atoms with Crippen LogP contribution in [-0.4, -0.2) is 19.1 Å². The molecule has 2 rings (SSSR count). The topological polar surface area (TPSA) is 47.6 Å². The van der Waals surface area contributed by atoms with Gasteiger partial charge >= 0.3 is 0 Å². The van der Waals surface area contributed by atoms with Crippen molar-refractivity contribution in [2.45, 2.75) is 20.3 Å². The Morgan fingerprint density at radius 1 is 1.08 bits per heavy atom. The summed E-state index contributed by atoms with van der Waals surface area (Å²) in [5.41, 5.74) is 2.70. The first-order chi connectivity index (χ1) is 11.6. The second-order valence-corrected chi connectivity index (χ2v) is 5.58. The van der Waals surface area contributed by atoms with Crippen molar-refractivity contribution < 1.29 is 14.3 Å². The summed E-state index contributed by atoms with van der Waals surface area (Å²) >= 11 is 0. The van der Waals surface area contributed by atoms with Crippen molar-refractivity contribution in [3.63, 3.8) is 0 Å². The highest BCUT2D eigenvalue weighted by Gasteiger charge is 2.08. The van der Waals surface area contributed by atoms with Gasteiger partial charge in [-0.3, -0.25) is 4.79 Å². The SMILES string of the molecule is C=C(C)COc1ccccc1NC(=O)COc1cccc(CC)c1. The average Bonchev–Trinajstić information content (AvgIpc) is 2.59. The van der Waals surface area contributed by atoms with E-state index in [2.05, 4.69) is 18.8 Å². The molecule has 0 heterocycles. The quantitative estimate of drug-likeness (QED) is 0.739. The molecule has 4 heteroatoms. The highest BCUT2D eigenvalue weighted by atomic mass is 16.5. The Morgan fingerprint density at radius 3 is 2.62 bits per heavy atom. The van der Waals surface area contributed by atoms with E-state index in [1.54, 1.807) is 6.07 Å². The molecule has 0 unspecified atom stereocenters. The van der Waals surface area contributed by atoms with E-state index in [0.717, 1.165) is 12.0 Å². The van der Waals surface area contributed by atoms with E-state index in [0.29, 0.717) is 23.8 Å². The molecular formula is C20H23NO3. The average molecular weight is 325 g/mol. The molecule has 4 nitrogen and oxygen atoms in total. The van der Waals surface area contributed by atoms with Crippen molar-refractivity contribution in [2.24, 2.45) is 0 Å². The van der Waals surface area contributed by atoms with Crippen LogP contribution in [0.15, 0.2) is 60.7 Å². The molecule has 0 aliphatic rings. The third kappa shape index (κ3) is 5.47. The summed E-state index contributed by atoms with van der Waals surface area (Å²) in [5, 5.41) is 2.81. The number of nitrogens with one attached hydrogen (secondary N) is 1. The van der Waals surface area contributed by atoms with Gasteiger partial charge < -0.3 is 14.8 Å². The van der Waals surface area contributed by atoms with Gasteiger partial charge in [0, 0.05) is 0 Å². The van der Waals surface area contributed by atoms with Gasteiger partial charge in [0.15, 0.2) is 6.61 Å². The molecule has 0 saturated heterocycles. The number of anilines is 1. The molecule has 0 saturated carbocycles. The summed E-state index contributed by atoms with van der Waals surface area (Å²) in [6.45, 7) is 8.13. The molecule has 0 aliphatic carbocycles. The predicted octanol–water partition coefficient (Wildman–Crippen LogP) is 4.22. The van der Waals surface area contributed by atoms with Crippen LogP contribution in [0, 0.1) is 0 Å². The van der Waals surface area contributed by atoms with Crippen LogP contribution in [0.5, 0.6) is 11.5 Å². The molecule has 0 spiro atoms. The molecule has 2 aromatic rings. The maximum atomic E-state index is 12.1. The predicted molar refractivity (Wildman–Crippen MR) is 96.7 cm³/mol. The van der Waals surface area contributed by atoms with Gasteiger partial charge in [0.1, 0.15) is 18.1 Å². The van der Waals surface area contributed by atoms with Gasteiger partial charge in [-0.25, -0.2) is 0 Å². The summed E-state index contributed by atoms with van der Waals surface area (Å²) in [7, 11) is 0. The Hall–Kier alpha value is -2.75. The number of hydrogen-bond acceptors (Lipinski definition) is 3. The van der Waals surface area contributed by atoms with E-state index < -0.39 is 0 Å². The number of carbonyl (C=O) groups is 1. The van der Waals surface area contributed by atoms with Crippen LogP contribution in [0.25, 0.3) is 0 Å². The monoisotopic (exact) mass is 325 g/mol. The number of rotatable bonds is 8. The van der Waals surface area contributed by atoms with Gasteiger partial charge in [0.2, 0.25) is 0 Å². The van der Waals surface area contributed by atoms with E-state index >= 15 is 0 Å². The zero-order valence-electron chi connectivity index (χ0n) is 14.2. The first-order valence-electron chi connectivity index (χ1n) is 7.96. The molecule has 0 atom stereocenters. The number of ether oxygens (including phenoxy) is 2. The number of amides is 1. The second kappa shape index (κ2) is 8.77. The number of hydrogen-bond donors (Lipinski definition) is 1. The molecule has 0 radical (unpaired) electrons. The van der Waals surface area contributed by atoms with Gasteiger partial charge in [-0.1, -0.05) is 37.8 Å². The number of carbonyl (C=O) groups excluding carboxylic acids is 1. The van der Waals surface area contributed by atoms with Crippen molar-refractivity contribution in [1.82, 2.24) is 0 Å². The molecule has 0 aromatic heterocycles. The maximum absolute atomic E-state index is 12.1. The Kier molecular flexibility index (Phi) is 6.43. The van der Waals surface area contributed by atoms with Crippen LogP contribution < -0.4 is 14.8 Å². The van der Waals surface area contributed by atoms with Crippen molar-refractivity contribution >= 4 is 11.6 Å². The van der Waals surface area contributed by atoms with Crippen molar-refractivity contribution in [2.75, 3.05) is 18.5 Å². The first kappa shape index (κ1) is 17.6. The van der Waals surface area contributed by atoms with Gasteiger partial charge in [-0.05, 0) is 48.7 Å². The smallest absolute Gasteiger partial charge is 0.262 e. The lowest BCUT2D eigenvalue weighted by Gasteiger charge is -2.13.